The summed E-state index contributed by atoms with van der Waals surface area (Å²) in [6.07, 6.45) is -1.39. The number of hydrogen-bond acceptors (Lipinski definition) is 3. The van der Waals surface area contributed by atoms with Crippen LogP contribution in [-0.2, 0) is 9.47 Å². The predicted molar refractivity (Wildman–Crippen MR) is 51.0 cm³/mol. The third-order valence-corrected chi connectivity index (χ3v) is 2.21. The monoisotopic (exact) mass is 229 g/mol. The largest absolute Gasteiger partial charge is 0.417 e. The number of methoxy groups -OCH3 is 1. The zero-order valence-corrected chi connectivity index (χ0v) is 8.44. The van der Waals surface area contributed by atoms with E-state index in [9.17, 15) is 13.6 Å². The lowest BCUT2D eigenvalue weighted by molar-refractivity contribution is -0.0488. The van der Waals surface area contributed by atoms with Gasteiger partial charge in [-0.25, -0.2) is 13.6 Å². The van der Waals surface area contributed by atoms with Gasteiger partial charge in [0.25, 0.3) is 0 Å². The third kappa shape index (κ3) is 1.96. The molecule has 1 aromatic rings. The number of benzene rings is 1. The number of halogens is 2. The predicted octanol–water partition coefficient (Wildman–Crippen LogP) is 1.89. The molecule has 0 spiro atoms. The van der Waals surface area contributed by atoms with E-state index < -0.39 is 24.0 Å². The maximum Gasteiger partial charge on any atom is 0.416 e. The van der Waals surface area contributed by atoms with Crippen molar-refractivity contribution in [2.24, 2.45) is 0 Å². The summed E-state index contributed by atoms with van der Waals surface area (Å²) in [6.45, 7) is 0.109. The van der Waals surface area contributed by atoms with Gasteiger partial charge in [0.2, 0.25) is 6.29 Å². The van der Waals surface area contributed by atoms with E-state index in [2.05, 4.69) is 0 Å². The van der Waals surface area contributed by atoms with Crippen LogP contribution in [0.25, 0.3) is 0 Å². The lowest BCUT2D eigenvalue weighted by Crippen LogP contribution is -2.25. The van der Waals surface area contributed by atoms with Crippen molar-refractivity contribution in [3.05, 3.63) is 29.8 Å². The van der Waals surface area contributed by atoms with Gasteiger partial charge >= 0.3 is 6.09 Å². The molecule has 1 aromatic carbocycles. The Morgan fingerprint density at radius 3 is 2.50 bits per heavy atom. The maximum atomic E-state index is 12.9. The lowest BCUT2D eigenvalue weighted by Gasteiger charge is -2.12. The third-order valence-electron chi connectivity index (χ3n) is 2.21. The minimum Gasteiger partial charge on any atom is -0.417 e. The van der Waals surface area contributed by atoms with Crippen LogP contribution in [0.1, 0.15) is 0 Å². The Bertz CT molecular complexity index is 404. The Hall–Kier alpha value is -1.69. The molecule has 1 atom stereocenters. The summed E-state index contributed by atoms with van der Waals surface area (Å²) in [7, 11) is 1.38. The SMILES string of the molecule is CO[C@H]1CN(c2cc(F)cc(F)c2)C(=O)O1. The van der Waals surface area contributed by atoms with Gasteiger partial charge in [-0.3, -0.25) is 4.90 Å². The van der Waals surface area contributed by atoms with E-state index in [1.165, 1.54) is 7.11 Å². The van der Waals surface area contributed by atoms with Crippen LogP contribution in [0, 0.1) is 11.6 Å². The van der Waals surface area contributed by atoms with Crippen LogP contribution in [0.15, 0.2) is 18.2 Å². The number of ether oxygens (including phenoxy) is 2. The molecule has 86 valence electrons. The van der Waals surface area contributed by atoms with Crippen molar-refractivity contribution >= 4 is 11.8 Å². The minimum absolute atomic E-state index is 0.109. The fourth-order valence-corrected chi connectivity index (χ4v) is 1.47. The van der Waals surface area contributed by atoms with Gasteiger partial charge in [0.05, 0.1) is 12.2 Å². The molecule has 4 nitrogen and oxygen atoms in total. The fourth-order valence-electron chi connectivity index (χ4n) is 1.47. The zero-order valence-electron chi connectivity index (χ0n) is 8.44. The van der Waals surface area contributed by atoms with Crippen LogP contribution in [0.4, 0.5) is 19.3 Å². The van der Waals surface area contributed by atoms with E-state index in [4.69, 9.17) is 9.47 Å². The fraction of sp³-hybridized carbons (Fsp3) is 0.300. The van der Waals surface area contributed by atoms with Gasteiger partial charge in [0.15, 0.2) is 0 Å². The number of cyclic esters (lactones) is 1. The van der Waals surface area contributed by atoms with Crippen molar-refractivity contribution in [1.29, 1.82) is 0 Å². The van der Waals surface area contributed by atoms with Gasteiger partial charge in [-0.2, -0.15) is 0 Å². The zero-order chi connectivity index (χ0) is 11.7. The van der Waals surface area contributed by atoms with Crippen LogP contribution in [0.2, 0.25) is 0 Å². The molecule has 1 fully saturated rings. The van der Waals surface area contributed by atoms with Crippen LogP contribution in [0.5, 0.6) is 0 Å². The van der Waals surface area contributed by atoms with Gasteiger partial charge in [0.1, 0.15) is 11.6 Å². The van der Waals surface area contributed by atoms with Crippen molar-refractivity contribution < 1.29 is 23.0 Å². The van der Waals surface area contributed by atoms with Crippen LogP contribution < -0.4 is 4.90 Å². The number of amides is 1. The molecule has 0 aliphatic carbocycles. The van der Waals surface area contributed by atoms with Crippen molar-refractivity contribution in [3.8, 4) is 0 Å². The molecule has 2 rings (SSSR count). The van der Waals surface area contributed by atoms with E-state index in [-0.39, 0.29) is 12.2 Å². The summed E-state index contributed by atoms with van der Waals surface area (Å²) in [5.41, 5.74) is 0.113. The highest BCUT2D eigenvalue weighted by molar-refractivity contribution is 5.89. The lowest BCUT2D eigenvalue weighted by atomic mass is 10.3. The number of nitrogens with zero attached hydrogens (tertiary/aromatic N) is 1. The summed E-state index contributed by atoms with van der Waals surface area (Å²) in [6, 6.07) is 2.85. The quantitative estimate of drug-likeness (QED) is 0.777. The van der Waals surface area contributed by atoms with Crippen LogP contribution in [0.3, 0.4) is 0 Å². The summed E-state index contributed by atoms with van der Waals surface area (Å²) < 4.78 is 35.5. The van der Waals surface area contributed by atoms with E-state index in [1.807, 2.05) is 0 Å². The normalized spacial score (nSPS) is 20.1. The second-order valence-electron chi connectivity index (χ2n) is 3.29. The van der Waals surface area contributed by atoms with Crippen molar-refractivity contribution in [2.45, 2.75) is 6.29 Å². The summed E-state index contributed by atoms with van der Waals surface area (Å²) >= 11 is 0. The smallest absolute Gasteiger partial charge is 0.416 e. The molecule has 0 N–H and O–H groups in total. The number of rotatable bonds is 2. The van der Waals surface area contributed by atoms with Gasteiger partial charge in [-0.1, -0.05) is 0 Å². The molecule has 1 amide bonds. The Morgan fingerprint density at radius 2 is 2.00 bits per heavy atom. The van der Waals surface area contributed by atoms with Gasteiger partial charge in [-0.15, -0.1) is 0 Å². The highest BCUT2D eigenvalue weighted by Gasteiger charge is 2.32. The molecular formula is C10H9F2NO3. The molecule has 1 saturated heterocycles. The molecule has 16 heavy (non-hydrogen) atoms. The molecule has 1 aliphatic heterocycles. The van der Waals surface area contributed by atoms with E-state index in [1.54, 1.807) is 0 Å². The first kappa shape index (κ1) is 10.8. The van der Waals surface area contributed by atoms with Crippen molar-refractivity contribution in [3.63, 3.8) is 0 Å². The molecule has 6 heteroatoms. The number of hydrogen-bond donors (Lipinski definition) is 0. The van der Waals surface area contributed by atoms with E-state index >= 15 is 0 Å². The van der Waals surface area contributed by atoms with Gasteiger partial charge in [-0.05, 0) is 12.1 Å². The Labute approximate surface area is 90.4 Å². The first-order valence-corrected chi connectivity index (χ1v) is 4.57. The van der Waals surface area contributed by atoms with Crippen molar-refractivity contribution in [1.82, 2.24) is 0 Å². The Kier molecular flexibility index (Phi) is 2.74. The number of carbonyl (C=O) groups is 1. The molecule has 0 saturated carbocycles. The first-order valence-electron chi connectivity index (χ1n) is 4.57. The molecule has 0 aromatic heterocycles. The highest BCUT2D eigenvalue weighted by atomic mass is 19.1. The van der Waals surface area contributed by atoms with E-state index in [0.29, 0.717) is 0 Å². The summed E-state index contributed by atoms with van der Waals surface area (Å²) in [4.78, 5) is 12.5. The maximum absolute atomic E-state index is 12.9. The number of anilines is 1. The second-order valence-corrected chi connectivity index (χ2v) is 3.29. The molecular weight excluding hydrogens is 220 g/mol. The molecule has 1 heterocycles. The average Bonchev–Trinajstić information content (AvgIpc) is 2.58. The molecule has 0 bridgehead atoms. The molecule has 0 radical (unpaired) electrons. The first-order chi connectivity index (χ1) is 7.60. The Morgan fingerprint density at radius 1 is 1.38 bits per heavy atom. The van der Waals surface area contributed by atoms with Crippen molar-refractivity contribution in [2.75, 3.05) is 18.6 Å². The summed E-state index contributed by atoms with van der Waals surface area (Å²) in [5, 5.41) is 0. The number of carbonyl (C=O) groups excluding carboxylic acids is 1. The van der Waals surface area contributed by atoms with Crippen LogP contribution >= 0.6 is 0 Å². The standard InChI is InChI=1S/C10H9F2NO3/c1-15-9-5-13(10(14)16-9)8-3-6(11)2-7(12)4-8/h2-4,9H,5H2,1H3/t9-/m1/s1. The van der Waals surface area contributed by atoms with Gasteiger partial charge in [0, 0.05) is 13.2 Å². The minimum atomic E-state index is -0.747. The Balaban J connectivity index is 2.27. The topological polar surface area (TPSA) is 38.8 Å². The molecule has 1 aliphatic rings. The average molecular weight is 229 g/mol. The second kappa shape index (κ2) is 4.05. The van der Waals surface area contributed by atoms with E-state index in [0.717, 1.165) is 23.1 Å². The molecule has 0 unspecified atom stereocenters. The van der Waals surface area contributed by atoms with Crippen LogP contribution in [-0.4, -0.2) is 26.0 Å². The van der Waals surface area contributed by atoms with Gasteiger partial charge < -0.3 is 9.47 Å². The highest BCUT2D eigenvalue weighted by Crippen LogP contribution is 2.23. The summed E-state index contributed by atoms with van der Waals surface area (Å²) in [5.74, 6) is -1.49.